The van der Waals surface area contributed by atoms with Crippen molar-refractivity contribution >= 4 is 28.5 Å². The third-order valence-electron chi connectivity index (χ3n) is 2.70. The first-order chi connectivity index (χ1) is 7.46. The van der Waals surface area contributed by atoms with Crippen molar-refractivity contribution in [3.8, 4) is 0 Å². The standard InChI is InChI=1S/C12H16BBrO2/c1-9-8-12(2,3)16-13(15-9)10-4-6-11(14)7-5-10/h4-7,9H,8H2,1-3H3/t9-/m0/s1. The highest BCUT2D eigenvalue weighted by molar-refractivity contribution is 9.10. The molecule has 0 unspecified atom stereocenters. The molecule has 2 rings (SSSR count). The lowest BCUT2D eigenvalue weighted by Gasteiger charge is -2.38. The Hall–Kier alpha value is -0.315. The second-order valence-corrected chi connectivity index (χ2v) is 5.83. The Morgan fingerprint density at radius 2 is 1.94 bits per heavy atom. The maximum atomic E-state index is 5.93. The zero-order valence-corrected chi connectivity index (χ0v) is 11.5. The molecule has 1 aliphatic heterocycles. The molecule has 1 saturated heterocycles. The molecule has 0 N–H and O–H groups in total. The summed E-state index contributed by atoms with van der Waals surface area (Å²) in [5, 5.41) is 0. The van der Waals surface area contributed by atoms with Crippen molar-refractivity contribution in [2.24, 2.45) is 0 Å². The van der Waals surface area contributed by atoms with Gasteiger partial charge < -0.3 is 9.31 Å². The van der Waals surface area contributed by atoms with Crippen molar-refractivity contribution in [3.05, 3.63) is 28.7 Å². The summed E-state index contributed by atoms with van der Waals surface area (Å²) in [5.41, 5.74) is 0.956. The molecule has 0 spiro atoms. The quantitative estimate of drug-likeness (QED) is 0.738. The molecule has 2 nitrogen and oxygen atoms in total. The van der Waals surface area contributed by atoms with Crippen LogP contribution >= 0.6 is 15.9 Å². The number of hydrogen-bond donors (Lipinski definition) is 0. The maximum absolute atomic E-state index is 5.93. The van der Waals surface area contributed by atoms with Crippen molar-refractivity contribution in [3.63, 3.8) is 0 Å². The summed E-state index contributed by atoms with van der Waals surface area (Å²) in [4.78, 5) is 0. The number of halogens is 1. The average Bonchev–Trinajstić information content (AvgIpc) is 2.15. The minimum Gasteiger partial charge on any atom is -0.405 e. The SMILES string of the molecule is C[C@H]1CC(C)(C)OB(c2ccc(Br)cc2)O1. The van der Waals surface area contributed by atoms with E-state index in [4.69, 9.17) is 9.31 Å². The van der Waals surface area contributed by atoms with Crippen molar-refractivity contribution in [1.82, 2.24) is 0 Å². The van der Waals surface area contributed by atoms with E-state index in [2.05, 4.69) is 36.7 Å². The topological polar surface area (TPSA) is 18.5 Å². The van der Waals surface area contributed by atoms with E-state index in [1.165, 1.54) is 0 Å². The van der Waals surface area contributed by atoms with Gasteiger partial charge in [0.05, 0.1) is 5.60 Å². The summed E-state index contributed by atoms with van der Waals surface area (Å²) >= 11 is 3.42. The van der Waals surface area contributed by atoms with Gasteiger partial charge in [0.15, 0.2) is 0 Å². The van der Waals surface area contributed by atoms with Crippen molar-refractivity contribution in [2.45, 2.75) is 38.9 Å². The largest absolute Gasteiger partial charge is 0.494 e. The monoisotopic (exact) mass is 282 g/mol. The molecular formula is C12H16BBrO2. The zero-order chi connectivity index (χ0) is 11.8. The van der Waals surface area contributed by atoms with Crippen LogP contribution in [0, 0.1) is 0 Å². The highest BCUT2D eigenvalue weighted by Gasteiger charge is 2.37. The summed E-state index contributed by atoms with van der Waals surface area (Å²) in [7, 11) is -0.244. The molecule has 1 aromatic rings. The maximum Gasteiger partial charge on any atom is 0.494 e. The van der Waals surface area contributed by atoms with E-state index in [1.54, 1.807) is 0 Å². The molecule has 0 radical (unpaired) electrons. The lowest BCUT2D eigenvalue weighted by atomic mass is 9.75. The minimum absolute atomic E-state index is 0.116. The van der Waals surface area contributed by atoms with E-state index >= 15 is 0 Å². The van der Waals surface area contributed by atoms with Crippen LogP contribution in [0.5, 0.6) is 0 Å². The summed E-state index contributed by atoms with van der Waals surface area (Å²) < 4.78 is 12.8. The Morgan fingerprint density at radius 3 is 2.50 bits per heavy atom. The summed E-state index contributed by atoms with van der Waals surface area (Å²) in [5.74, 6) is 0. The molecule has 0 bridgehead atoms. The van der Waals surface area contributed by atoms with Gasteiger partial charge in [-0.15, -0.1) is 0 Å². The Labute approximate surface area is 106 Å². The van der Waals surface area contributed by atoms with Crippen LogP contribution in [-0.2, 0) is 9.31 Å². The zero-order valence-electron chi connectivity index (χ0n) is 9.87. The lowest BCUT2D eigenvalue weighted by molar-refractivity contribution is -0.0229. The fourth-order valence-corrected chi connectivity index (χ4v) is 2.35. The summed E-state index contributed by atoms with van der Waals surface area (Å²) in [6.45, 7) is 6.31. The summed E-state index contributed by atoms with van der Waals surface area (Å²) in [6, 6.07) is 8.08. The van der Waals surface area contributed by atoms with Crippen LogP contribution < -0.4 is 5.46 Å². The highest BCUT2D eigenvalue weighted by atomic mass is 79.9. The molecule has 1 aromatic carbocycles. The third-order valence-corrected chi connectivity index (χ3v) is 3.23. The lowest BCUT2D eigenvalue weighted by Crippen LogP contribution is -2.51. The first kappa shape index (κ1) is 12.2. The van der Waals surface area contributed by atoms with Crippen molar-refractivity contribution in [1.29, 1.82) is 0 Å². The molecule has 1 heterocycles. The van der Waals surface area contributed by atoms with Crippen LogP contribution in [0.3, 0.4) is 0 Å². The Kier molecular flexibility index (Phi) is 3.43. The van der Waals surface area contributed by atoms with Gasteiger partial charge in [0, 0.05) is 10.6 Å². The molecule has 4 heteroatoms. The molecule has 1 fully saturated rings. The van der Waals surface area contributed by atoms with Gasteiger partial charge in [0.1, 0.15) is 0 Å². The molecular weight excluding hydrogens is 267 g/mol. The fraction of sp³-hybridized carbons (Fsp3) is 0.500. The first-order valence-electron chi connectivity index (χ1n) is 5.55. The van der Waals surface area contributed by atoms with E-state index in [-0.39, 0.29) is 18.8 Å². The molecule has 1 atom stereocenters. The molecule has 0 aromatic heterocycles. The number of hydrogen-bond acceptors (Lipinski definition) is 2. The number of rotatable bonds is 1. The van der Waals surface area contributed by atoms with Crippen LogP contribution in [-0.4, -0.2) is 18.8 Å². The van der Waals surface area contributed by atoms with Gasteiger partial charge in [-0.1, -0.05) is 28.1 Å². The van der Waals surface area contributed by atoms with E-state index in [9.17, 15) is 0 Å². The molecule has 86 valence electrons. The van der Waals surface area contributed by atoms with Gasteiger partial charge in [0.25, 0.3) is 0 Å². The first-order valence-corrected chi connectivity index (χ1v) is 6.34. The van der Waals surface area contributed by atoms with Gasteiger partial charge in [-0.05, 0) is 44.8 Å². The van der Waals surface area contributed by atoms with Gasteiger partial charge >= 0.3 is 7.12 Å². The Bertz CT molecular complexity index is 364. The fourth-order valence-electron chi connectivity index (χ4n) is 2.08. The van der Waals surface area contributed by atoms with Gasteiger partial charge in [-0.2, -0.15) is 0 Å². The van der Waals surface area contributed by atoms with Crippen LogP contribution in [0.25, 0.3) is 0 Å². The van der Waals surface area contributed by atoms with Gasteiger partial charge in [-0.3, -0.25) is 0 Å². The average molecular weight is 283 g/mol. The van der Waals surface area contributed by atoms with E-state index in [1.807, 2.05) is 24.3 Å². The predicted molar refractivity (Wildman–Crippen MR) is 69.9 cm³/mol. The van der Waals surface area contributed by atoms with Crippen molar-refractivity contribution < 1.29 is 9.31 Å². The Balaban J connectivity index is 2.17. The van der Waals surface area contributed by atoms with Crippen LogP contribution in [0.1, 0.15) is 27.2 Å². The highest BCUT2D eigenvalue weighted by Crippen LogP contribution is 2.25. The second kappa shape index (κ2) is 4.51. The van der Waals surface area contributed by atoms with E-state index < -0.39 is 0 Å². The molecule has 0 saturated carbocycles. The second-order valence-electron chi connectivity index (χ2n) is 4.91. The molecule has 16 heavy (non-hydrogen) atoms. The minimum atomic E-state index is -0.244. The van der Waals surface area contributed by atoms with Gasteiger partial charge in [0.2, 0.25) is 0 Å². The molecule has 0 amide bonds. The number of benzene rings is 1. The van der Waals surface area contributed by atoms with E-state index in [0.29, 0.717) is 0 Å². The Morgan fingerprint density at radius 1 is 1.31 bits per heavy atom. The van der Waals surface area contributed by atoms with Crippen LogP contribution in [0.4, 0.5) is 0 Å². The smallest absolute Gasteiger partial charge is 0.405 e. The van der Waals surface area contributed by atoms with Gasteiger partial charge in [-0.25, -0.2) is 0 Å². The normalized spacial score (nSPS) is 24.5. The predicted octanol–water partition coefficient (Wildman–Crippen LogP) is 2.75. The van der Waals surface area contributed by atoms with Crippen LogP contribution in [0.2, 0.25) is 0 Å². The van der Waals surface area contributed by atoms with Crippen LogP contribution in [0.15, 0.2) is 28.7 Å². The third kappa shape index (κ3) is 2.87. The van der Waals surface area contributed by atoms with E-state index in [0.717, 1.165) is 16.4 Å². The molecule has 0 aliphatic carbocycles. The molecule has 1 aliphatic rings. The van der Waals surface area contributed by atoms with Crippen molar-refractivity contribution in [2.75, 3.05) is 0 Å². The summed E-state index contributed by atoms with van der Waals surface area (Å²) in [6.07, 6.45) is 1.16.